The van der Waals surface area contributed by atoms with E-state index in [9.17, 15) is 97.0 Å². The molecule has 0 aliphatic carbocycles. The van der Waals surface area contributed by atoms with Crippen LogP contribution in [-0.2, 0) is 61.6 Å². The Morgan fingerprint density at radius 3 is 1.18 bits per heavy atom. The fraction of sp³-hybridized carbons (Fsp3) is 1.00. The van der Waals surface area contributed by atoms with Crippen LogP contribution in [0, 0.1) is 0 Å². The molecule has 0 bridgehead atoms. The van der Waals surface area contributed by atoms with Gasteiger partial charge < -0.3 is 159 Å². The third-order valence-corrected chi connectivity index (χ3v) is 13.3. The third kappa shape index (κ3) is 12.0. The smallest absolute Gasteiger partial charge is 0.187 e. The lowest BCUT2D eigenvalue weighted by atomic mass is 9.95. The maximum absolute atomic E-state index is 11.8. The summed E-state index contributed by atoms with van der Waals surface area (Å²) in [6, 6.07) is 0. The van der Waals surface area contributed by atoms with Crippen LogP contribution in [0.2, 0.25) is 0 Å². The highest BCUT2D eigenvalue weighted by Crippen LogP contribution is 2.38. The van der Waals surface area contributed by atoms with Gasteiger partial charge in [-0.3, -0.25) is 0 Å². The summed E-state index contributed by atoms with van der Waals surface area (Å²) in [4.78, 5) is 0. The van der Waals surface area contributed by atoms with Crippen molar-refractivity contribution in [1.29, 1.82) is 0 Å². The summed E-state index contributed by atoms with van der Waals surface area (Å²) in [7, 11) is 0. The van der Waals surface area contributed by atoms with Crippen molar-refractivity contribution in [3.8, 4) is 0 Å². The monoisotopic (exact) mass is 1050 g/mol. The molecular weight excluding hydrogens is 980 g/mol. The molecule has 414 valence electrons. The van der Waals surface area contributed by atoms with Crippen molar-refractivity contribution >= 4 is 0 Å². The zero-order valence-electron chi connectivity index (χ0n) is 37.5. The van der Waals surface area contributed by atoms with Gasteiger partial charge in [-0.1, -0.05) is 0 Å². The summed E-state index contributed by atoms with van der Waals surface area (Å²) in [5.41, 5.74) is 0. The van der Waals surface area contributed by atoms with Gasteiger partial charge >= 0.3 is 0 Å². The molecule has 1 unspecified atom stereocenters. The second kappa shape index (κ2) is 24.4. The van der Waals surface area contributed by atoms with Crippen LogP contribution in [0.4, 0.5) is 0 Å². The van der Waals surface area contributed by atoms with Crippen LogP contribution in [0.3, 0.4) is 0 Å². The lowest BCUT2D eigenvalue weighted by Crippen LogP contribution is -2.69. The Kier molecular flexibility index (Phi) is 19.7. The third-order valence-electron chi connectivity index (χ3n) is 13.3. The molecule has 7 rings (SSSR count). The highest BCUT2D eigenvalue weighted by molar-refractivity contribution is 5.00. The van der Waals surface area contributed by atoms with Crippen LogP contribution in [0.1, 0.15) is 6.92 Å². The van der Waals surface area contributed by atoms with Gasteiger partial charge in [-0.05, 0) is 6.92 Å². The molecule has 0 amide bonds. The molecule has 7 saturated heterocycles. The molecule has 32 nitrogen and oxygen atoms in total. The summed E-state index contributed by atoms with van der Waals surface area (Å²) in [6.07, 6.45) is -60.2. The zero-order chi connectivity index (χ0) is 51.9. The maximum atomic E-state index is 11.8. The molecule has 32 heteroatoms. The molecule has 7 fully saturated rings. The number of hydrogen-bond donors (Lipinski definition) is 19. The van der Waals surface area contributed by atoms with Crippen LogP contribution in [0.15, 0.2) is 0 Å². The molecule has 0 aromatic rings. The van der Waals surface area contributed by atoms with E-state index in [0.29, 0.717) is 0 Å². The summed E-state index contributed by atoms with van der Waals surface area (Å²) >= 11 is 0. The summed E-state index contributed by atoms with van der Waals surface area (Å²) in [5, 5.41) is 204. The molecule has 7 heterocycles. The summed E-state index contributed by atoms with van der Waals surface area (Å²) < 4.78 is 73.4. The molecule has 0 aromatic heterocycles. The summed E-state index contributed by atoms with van der Waals surface area (Å²) in [6.45, 7) is -3.51. The van der Waals surface area contributed by atoms with Gasteiger partial charge in [0, 0.05) is 0 Å². The molecular formula is C39H66O32. The Balaban J connectivity index is 1.16. The van der Waals surface area contributed by atoms with Gasteiger partial charge in [0.1, 0.15) is 146 Å². The molecule has 7 aliphatic heterocycles. The highest BCUT2D eigenvalue weighted by atomic mass is 16.8. The molecule has 32 atom stereocenters. The first-order valence-corrected chi connectivity index (χ1v) is 22.7. The van der Waals surface area contributed by atoms with Crippen molar-refractivity contribution in [2.45, 2.75) is 204 Å². The van der Waals surface area contributed by atoms with Gasteiger partial charge in [0.15, 0.2) is 44.0 Å². The fourth-order valence-electron chi connectivity index (χ4n) is 9.06. The Morgan fingerprint density at radius 2 is 0.662 bits per heavy atom. The lowest BCUT2D eigenvalue weighted by Gasteiger charge is -2.51. The van der Waals surface area contributed by atoms with E-state index in [-0.39, 0.29) is 0 Å². The molecule has 0 radical (unpaired) electrons. The number of ether oxygens (including phenoxy) is 13. The van der Waals surface area contributed by atoms with Crippen molar-refractivity contribution < 1.29 is 159 Å². The second-order valence-corrected chi connectivity index (χ2v) is 18.2. The van der Waals surface area contributed by atoms with Gasteiger partial charge in [-0.25, -0.2) is 0 Å². The normalized spacial score (nSPS) is 54.4. The maximum Gasteiger partial charge on any atom is 0.187 e. The van der Waals surface area contributed by atoms with E-state index < -0.39 is 236 Å². The fourth-order valence-corrected chi connectivity index (χ4v) is 9.06. The van der Waals surface area contributed by atoms with Crippen molar-refractivity contribution in [3.63, 3.8) is 0 Å². The first-order valence-electron chi connectivity index (χ1n) is 22.7. The van der Waals surface area contributed by atoms with Gasteiger partial charge in [0.25, 0.3) is 0 Å². The van der Waals surface area contributed by atoms with E-state index in [1.54, 1.807) is 0 Å². The van der Waals surface area contributed by atoms with E-state index in [1.807, 2.05) is 0 Å². The van der Waals surface area contributed by atoms with Crippen molar-refractivity contribution in [2.24, 2.45) is 0 Å². The Labute approximate surface area is 401 Å². The second-order valence-electron chi connectivity index (χ2n) is 18.2. The molecule has 71 heavy (non-hydrogen) atoms. The summed E-state index contributed by atoms with van der Waals surface area (Å²) in [5.74, 6) is 0. The number of aliphatic hydroxyl groups excluding tert-OH is 19. The predicted molar refractivity (Wildman–Crippen MR) is 212 cm³/mol. The van der Waals surface area contributed by atoms with Gasteiger partial charge in [-0.2, -0.15) is 0 Å². The van der Waals surface area contributed by atoms with E-state index in [4.69, 9.17) is 61.6 Å². The minimum Gasteiger partial charge on any atom is -0.394 e. The quantitative estimate of drug-likeness (QED) is 0.0724. The molecule has 0 saturated carbocycles. The van der Waals surface area contributed by atoms with E-state index in [2.05, 4.69) is 0 Å². The Morgan fingerprint density at radius 1 is 0.310 bits per heavy atom. The van der Waals surface area contributed by atoms with E-state index >= 15 is 0 Å². The van der Waals surface area contributed by atoms with Gasteiger partial charge in [0.2, 0.25) is 0 Å². The van der Waals surface area contributed by atoms with Crippen LogP contribution < -0.4 is 0 Å². The SMILES string of the molecule is C[C@@H]1O[C@@H](O[C@@H]2[C@@H](O)[C@H](O[C@H]3[C@H](O[C@H]4[C@H](O)[C@@H](CO)OC(O)[C@@H]4O)O[C@H](CO)[C@@H](O)[C@@H]3O[C@@H]3O[C@H](CO)[C@H](O)[C@H](O[C@@H]4OC[C@@H](O)[C@H](O)[C@H]4O)[C@H]3O)OC[C@H]2O)[C@H](O)[C@H](O[C@@H]2OC[C@@H](O)[C@H](O)[C@H]2O)[C@H]1O. The van der Waals surface area contributed by atoms with E-state index in [0.717, 1.165) is 0 Å². The van der Waals surface area contributed by atoms with Crippen molar-refractivity contribution in [1.82, 2.24) is 0 Å². The first kappa shape index (κ1) is 57.4. The van der Waals surface area contributed by atoms with Crippen molar-refractivity contribution in [2.75, 3.05) is 39.6 Å². The Bertz CT molecular complexity index is 1640. The predicted octanol–water partition coefficient (Wildman–Crippen LogP) is -13.3. The molecule has 0 spiro atoms. The van der Waals surface area contributed by atoms with Gasteiger partial charge in [0.05, 0.1) is 45.7 Å². The average Bonchev–Trinajstić information content (AvgIpc) is 3.34. The van der Waals surface area contributed by atoms with Gasteiger partial charge in [-0.15, -0.1) is 0 Å². The first-order chi connectivity index (χ1) is 33.6. The zero-order valence-corrected chi connectivity index (χ0v) is 37.5. The number of rotatable bonds is 15. The Hall–Kier alpha value is -1.28. The van der Waals surface area contributed by atoms with Crippen LogP contribution in [-0.4, -0.2) is 333 Å². The average molecular weight is 1050 g/mol. The number of aliphatic hydroxyl groups is 19. The largest absolute Gasteiger partial charge is 0.394 e. The van der Waals surface area contributed by atoms with Crippen LogP contribution >= 0.6 is 0 Å². The number of hydrogen-bond acceptors (Lipinski definition) is 32. The molecule has 19 N–H and O–H groups in total. The minimum atomic E-state index is -2.19. The topological polar surface area (TPSA) is 504 Å². The van der Waals surface area contributed by atoms with Crippen LogP contribution in [0.5, 0.6) is 0 Å². The van der Waals surface area contributed by atoms with Crippen LogP contribution in [0.25, 0.3) is 0 Å². The minimum absolute atomic E-state index is 0.507. The molecule has 7 aliphatic rings. The van der Waals surface area contributed by atoms with Crippen molar-refractivity contribution in [3.05, 3.63) is 0 Å². The molecule has 0 aromatic carbocycles. The lowest BCUT2D eigenvalue weighted by molar-refractivity contribution is -0.409. The highest BCUT2D eigenvalue weighted by Gasteiger charge is 2.58. The standard InChI is InChI=1S/C39H66O32/c1-8-15(46)28(67-34-21(52)16(47)9(43)5-59-34)25(56)37(62-8)66-27-11(45)7-61-36(24(27)55)71-32-31(20(51)14(4-42)65-39(32)69-29-18(49)12(2-40)63-33(58)23(29)54)70-38-26(57)30(19(50)13(3-41)64-38)68-35-22(53)17(48)10(44)6-60-35/h8-58H,2-7H2,1H3/t8-,9+,10+,11+,12+,13+,14+,15-,16-,17-,18+,19-,20+,21+,22+,23+,24+,25+,26+,27-,28+,29-,30-,31-,32+,33?,34-,35-,36-,37-,38-,39-/m0/s1. The van der Waals surface area contributed by atoms with E-state index in [1.165, 1.54) is 6.92 Å².